The average molecular weight is 463 g/mol. The van der Waals surface area contributed by atoms with Crippen LogP contribution >= 0.6 is 0 Å². The summed E-state index contributed by atoms with van der Waals surface area (Å²) in [5.74, 6) is -1.51. The summed E-state index contributed by atoms with van der Waals surface area (Å²) in [6, 6.07) is 6.45. The molecular weight excluding hydrogens is 440 g/mol. The summed E-state index contributed by atoms with van der Waals surface area (Å²) in [5.41, 5.74) is 0.612. The lowest BCUT2D eigenvalue weighted by Crippen LogP contribution is -2.35. The predicted molar refractivity (Wildman–Crippen MR) is 110 cm³/mol. The molecule has 0 spiro atoms. The Kier molecular flexibility index (Phi) is 5.93. The molecule has 0 bridgehead atoms. The zero-order valence-corrected chi connectivity index (χ0v) is 17.3. The maximum atomic E-state index is 11.1. The van der Waals surface area contributed by atoms with Crippen LogP contribution in [0.2, 0.25) is 0 Å². The van der Waals surface area contributed by atoms with Gasteiger partial charge in [-0.1, -0.05) is 0 Å². The Balaban J connectivity index is 1.67. The van der Waals surface area contributed by atoms with E-state index in [1.807, 2.05) is 0 Å². The van der Waals surface area contributed by atoms with Crippen molar-refractivity contribution in [3.05, 3.63) is 47.2 Å². The SMILES string of the molecule is CC(=O)OCC1OC(OC2=Cc3c(O)cc(O)cc3[OH+]C2c2ccc(O)c(O)c2)C(O)C1O. The van der Waals surface area contributed by atoms with Crippen molar-refractivity contribution in [1.82, 2.24) is 0 Å². The van der Waals surface area contributed by atoms with Crippen LogP contribution in [0.4, 0.5) is 0 Å². The van der Waals surface area contributed by atoms with Crippen molar-refractivity contribution in [2.75, 3.05) is 6.61 Å². The van der Waals surface area contributed by atoms with Gasteiger partial charge in [0.05, 0.1) is 11.6 Å². The molecule has 0 saturated carbocycles. The normalized spacial score (nSPS) is 26.2. The maximum absolute atomic E-state index is 11.1. The van der Waals surface area contributed by atoms with Crippen LogP contribution in [0.15, 0.2) is 36.1 Å². The van der Waals surface area contributed by atoms with Crippen molar-refractivity contribution in [3.63, 3.8) is 0 Å². The van der Waals surface area contributed by atoms with Crippen LogP contribution in [-0.2, 0) is 19.0 Å². The Morgan fingerprint density at radius 3 is 2.48 bits per heavy atom. The molecule has 5 atom stereocenters. The van der Waals surface area contributed by atoms with Gasteiger partial charge in [-0.25, -0.2) is 0 Å². The van der Waals surface area contributed by atoms with Gasteiger partial charge in [0.1, 0.15) is 42.0 Å². The molecule has 2 aromatic rings. The molecule has 2 aliphatic heterocycles. The number of fused-ring (bicyclic) bond motifs is 1. The summed E-state index contributed by atoms with van der Waals surface area (Å²) in [5, 5.41) is 60.3. The van der Waals surface area contributed by atoms with Gasteiger partial charge in [0.2, 0.25) is 6.29 Å². The summed E-state index contributed by atoms with van der Waals surface area (Å²) in [7, 11) is 0. The Labute approximate surface area is 187 Å². The van der Waals surface area contributed by atoms with Crippen LogP contribution in [0, 0.1) is 0 Å². The third kappa shape index (κ3) is 4.46. The van der Waals surface area contributed by atoms with E-state index in [-0.39, 0.29) is 40.9 Å². The van der Waals surface area contributed by atoms with Gasteiger partial charge in [-0.05, 0) is 18.2 Å². The van der Waals surface area contributed by atoms with E-state index < -0.39 is 42.4 Å². The average Bonchev–Trinajstić information content (AvgIpc) is 3.02. The molecule has 2 heterocycles. The van der Waals surface area contributed by atoms with Gasteiger partial charge in [0, 0.05) is 19.1 Å². The molecule has 1 fully saturated rings. The standard InChI is InChI=1S/C22H22O11/c1-9(23)30-8-18-19(28)20(29)22(33-18)32-17-7-12-14(26)5-11(24)6-16(12)31-21(17)10-2-3-13(25)15(27)4-10/h2-7,18-22,24-29H,8H2,1H3/p+1. The fourth-order valence-corrected chi connectivity index (χ4v) is 3.62. The lowest BCUT2D eigenvalue weighted by molar-refractivity contribution is -0.171. The zero-order valence-electron chi connectivity index (χ0n) is 17.3. The monoisotopic (exact) mass is 463 g/mol. The first-order valence-electron chi connectivity index (χ1n) is 9.96. The van der Waals surface area contributed by atoms with E-state index in [1.165, 1.54) is 37.3 Å². The number of rotatable bonds is 5. The molecule has 176 valence electrons. The highest BCUT2D eigenvalue weighted by Crippen LogP contribution is 2.46. The highest BCUT2D eigenvalue weighted by molar-refractivity contribution is 5.69. The maximum Gasteiger partial charge on any atom is 0.302 e. The highest BCUT2D eigenvalue weighted by atomic mass is 16.7. The van der Waals surface area contributed by atoms with Gasteiger partial charge in [-0.2, -0.15) is 0 Å². The van der Waals surface area contributed by atoms with Crippen LogP contribution in [0.5, 0.6) is 28.7 Å². The van der Waals surface area contributed by atoms with Crippen molar-refractivity contribution in [3.8, 4) is 28.7 Å². The summed E-state index contributed by atoms with van der Waals surface area (Å²) in [6.45, 7) is 0.897. The van der Waals surface area contributed by atoms with Crippen LogP contribution in [-0.4, -0.2) is 72.6 Å². The van der Waals surface area contributed by atoms with Gasteiger partial charge < -0.3 is 49.6 Å². The molecule has 0 aromatic heterocycles. The van der Waals surface area contributed by atoms with E-state index >= 15 is 0 Å². The van der Waals surface area contributed by atoms with Crippen LogP contribution in [0.3, 0.4) is 0 Å². The van der Waals surface area contributed by atoms with Crippen LogP contribution < -0.4 is 0 Å². The third-order valence-electron chi connectivity index (χ3n) is 5.28. The third-order valence-corrected chi connectivity index (χ3v) is 5.28. The number of phenolic OH excluding ortho intramolecular Hbond substituents is 4. The molecule has 0 radical (unpaired) electrons. The van der Waals surface area contributed by atoms with Crippen molar-refractivity contribution in [1.29, 1.82) is 0 Å². The second kappa shape index (κ2) is 8.70. The van der Waals surface area contributed by atoms with E-state index in [9.17, 15) is 35.4 Å². The molecule has 11 heteroatoms. The predicted octanol–water partition coefficient (Wildman–Crippen LogP) is 0.872. The number of ether oxygens (including phenoxy) is 4. The van der Waals surface area contributed by atoms with E-state index in [2.05, 4.69) is 4.74 Å². The molecule has 11 nitrogen and oxygen atoms in total. The number of benzene rings is 2. The zero-order chi connectivity index (χ0) is 23.9. The van der Waals surface area contributed by atoms with Gasteiger partial charge in [-0.15, -0.1) is 0 Å². The van der Waals surface area contributed by atoms with Crippen molar-refractivity contribution in [2.24, 2.45) is 0 Å². The summed E-state index contributed by atoms with van der Waals surface area (Å²) >= 11 is 0. The van der Waals surface area contributed by atoms with Crippen LogP contribution in [0.25, 0.3) is 6.08 Å². The number of carbonyl (C=O) groups excluding carboxylic acids is 1. The second-order valence-electron chi connectivity index (χ2n) is 7.67. The molecular formula is C22H23O11+. The minimum atomic E-state index is -1.49. The number of aromatic hydroxyl groups is 5. The molecule has 33 heavy (non-hydrogen) atoms. The molecule has 5 unspecified atom stereocenters. The molecule has 2 aromatic carbocycles. The first kappa shape index (κ1) is 22.5. The quantitative estimate of drug-likeness (QED) is 0.212. The number of aliphatic hydroxyl groups is 3. The fourth-order valence-electron chi connectivity index (χ4n) is 3.62. The van der Waals surface area contributed by atoms with Gasteiger partial charge in [0.25, 0.3) is 11.9 Å². The number of carbonyl (C=O) groups is 1. The molecule has 7 N–H and O–H groups in total. The van der Waals surface area contributed by atoms with E-state index in [0.29, 0.717) is 5.56 Å². The minimum Gasteiger partial charge on any atom is -0.571 e. The number of phenols is 4. The number of aliphatic hydroxyl groups excluding tert-OH is 2. The molecule has 0 aliphatic carbocycles. The lowest BCUT2D eigenvalue weighted by atomic mass is 10.0. The first-order chi connectivity index (χ1) is 15.6. The number of hydrogen-bond acceptors (Lipinski definition) is 10. The fraction of sp³-hybridized carbons (Fsp3) is 0.318. The molecule has 1 saturated heterocycles. The van der Waals surface area contributed by atoms with Crippen molar-refractivity contribution >= 4 is 12.0 Å². The Morgan fingerprint density at radius 2 is 1.79 bits per heavy atom. The van der Waals surface area contributed by atoms with Gasteiger partial charge in [0.15, 0.2) is 17.3 Å². The topological polar surface area (TPSA) is 179 Å². The Hall–Kier alpha value is -3.67. The lowest BCUT2D eigenvalue weighted by Gasteiger charge is -2.28. The van der Waals surface area contributed by atoms with Gasteiger partial charge in [-0.3, -0.25) is 4.79 Å². The largest absolute Gasteiger partial charge is 0.571 e. The van der Waals surface area contributed by atoms with Crippen LogP contribution in [0.1, 0.15) is 24.2 Å². The number of esters is 1. The van der Waals surface area contributed by atoms with Gasteiger partial charge >= 0.3 is 5.97 Å². The number of hydrogen-bond donors (Lipinski definition) is 6. The molecule has 2 aliphatic rings. The summed E-state index contributed by atoms with van der Waals surface area (Å²) in [6.07, 6.45) is -4.79. The molecule has 0 amide bonds. The minimum absolute atomic E-state index is 0.0814. The molecule has 4 rings (SSSR count). The Bertz CT molecular complexity index is 1100. The summed E-state index contributed by atoms with van der Waals surface area (Å²) < 4.78 is 20.7. The highest BCUT2D eigenvalue weighted by Gasteiger charge is 2.46. The van der Waals surface area contributed by atoms with E-state index in [4.69, 9.17) is 14.2 Å². The smallest absolute Gasteiger partial charge is 0.302 e. The first-order valence-corrected chi connectivity index (χ1v) is 9.96. The Morgan fingerprint density at radius 1 is 1.03 bits per heavy atom. The second-order valence-corrected chi connectivity index (χ2v) is 7.67. The van der Waals surface area contributed by atoms with Crippen molar-refractivity contribution < 1.29 is 54.4 Å². The van der Waals surface area contributed by atoms with E-state index in [0.717, 1.165) is 6.07 Å². The van der Waals surface area contributed by atoms with E-state index in [1.54, 1.807) is 0 Å². The summed E-state index contributed by atoms with van der Waals surface area (Å²) in [4.78, 5) is 11.1. The van der Waals surface area contributed by atoms with Crippen molar-refractivity contribution in [2.45, 2.75) is 37.6 Å².